The summed E-state index contributed by atoms with van der Waals surface area (Å²) in [6, 6.07) is 45.2. The first-order chi connectivity index (χ1) is 24.2. The fourth-order valence-electron chi connectivity index (χ4n) is 6.67. The predicted octanol–water partition coefficient (Wildman–Crippen LogP) is 8.16. The molecule has 3 aromatic heterocycles. The Labute approximate surface area is 283 Å². The summed E-state index contributed by atoms with van der Waals surface area (Å²) in [5, 5.41) is 5.32. The van der Waals surface area contributed by atoms with Crippen molar-refractivity contribution in [2.75, 3.05) is 4.90 Å². The van der Waals surface area contributed by atoms with E-state index in [1.807, 2.05) is 85.1 Å². The van der Waals surface area contributed by atoms with Gasteiger partial charge in [0.05, 0.1) is 11.0 Å². The van der Waals surface area contributed by atoms with Crippen molar-refractivity contribution >= 4 is 51.3 Å². The zero-order valence-corrected chi connectivity index (χ0v) is 26.8. The molecule has 1 aliphatic carbocycles. The zero-order valence-electron chi connectivity index (χ0n) is 26.8. The highest BCUT2D eigenvalue weighted by molar-refractivity contribution is 5.98. The second-order valence-corrected chi connectivity index (χ2v) is 12.3. The van der Waals surface area contributed by atoms with Crippen LogP contribution in [0.25, 0.3) is 62.7 Å². The summed E-state index contributed by atoms with van der Waals surface area (Å²) in [5.41, 5.74) is 4.53. The molecular formula is C42H31N7. The summed E-state index contributed by atoms with van der Waals surface area (Å²) in [5.74, 6) is 2.65. The van der Waals surface area contributed by atoms with Gasteiger partial charge in [-0.25, -0.2) is 9.97 Å². The van der Waals surface area contributed by atoms with Crippen molar-refractivity contribution in [3.05, 3.63) is 150 Å². The van der Waals surface area contributed by atoms with Crippen LogP contribution in [0.2, 0.25) is 0 Å². The molecular weight excluding hydrogens is 603 g/mol. The van der Waals surface area contributed by atoms with Gasteiger partial charge in [0.2, 0.25) is 11.9 Å². The topological polar surface area (TPSA) is 72.6 Å². The molecule has 7 nitrogen and oxygen atoms in total. The molecule has 0 aliphatic heterocycles. The van der Waals surface area contributed by atoms with Gasteiger partial charge >= 0.3 is 0 Å². The number of hydrogen-bond acceptors (Lipinski definition) is 6. The molecule has 1 unspecified atom stereocenters. The minimum absolute atomic E-state index is 0.376. The molecule has 5 aromatic carbocycles. The first-order valence-electron chi connectivity index (χ1n) is 16.5. The molecule has 0 radical (unpaired) electrons. The normalized spacial score (nSPS) is 13.9. The maximum Gasteiger partial charge on any atom is 0.239 e. The van der Waals surface area contributed by atoms with Crippen LogP contribution in [0.1, 0.15) is 13.3 Å². The molecule has 8 aromatic rings. The number of fused-ring (bicyclic) bond motifs is 4. The van der Waals surface area contributed by atoms with Gasteiger partial charge in [-0.05, 0) is 35.9 Å². The average molecular weight is 634 g/mol. The highest BCUT2D eigenvalue weighted by Crippen LogP contribution is 2.37. The van der Waals surface area contributed by atoms with E-state index in [0.29, 0.717) is 29.5 Å². The lowest BCUT2D eigenvalue weighted by atomic mass is 10.0. The van der Waals surface area contributed by atoms with Crippen molar-refractivity contribution < 1.29 is 0 Å². The highest BCUT2D eigenvalue weighted by atomic mass is 15.3. The minimum atomic E-state index is 0.376. The van der Waals surface area contributed by atoms with Gasteiger partial charge in [-0.2, -0.15) is 15.0 Å². The number of hydrogen-bond donors (Lipinski definition) is 0. The van der Waals surface area contributed by atoms with Crippen LogP contribution >= 0.6 is 0 Å². The summed E-state index contributed by atoms with van der Waals surface area (Å²) >= 11 is 0. The number of nitrogens with zero attached hydrogens (tertiary/aromatic N) is 7. The van der Waals surface area contributed by atoms with E-state index in [-0.39, 0.29) is 0 Å². The number of anilines is 3. The zero-order chi connectivity index (χ0) is 32.7. The van der Waals surface area contributed by atoms with Crippen LogP contribution in [0.15, 0.2) is 140 Å². The Morgan fingerprint density at radius 1 is 0.633 bits per heavy atom. The van der Waals surface area contributed by atoms with Gasteiger partial charge in [0, 0.05) is 39.0 Å². The molecule has 0 fully saturated rings. The Bertz CT molecular complexity index is 2540. The van der Waals surface area contributed by atoms with Gasteiger partial charge in [-0.1, -0.05) is 134 Å². The third-order valence-electron chi connectivity index (χ3n) is 9.02. The van der Waals surface area contributed by atoms with Crippen LogP contribution in [0.3, 0.4) is 0 Å². The number of benzene rings is 5. The van der Waals surface area contributed by atoms with Crippen molar-refractivity contribution in [1.29, 1.82) is 0 Å². The lowest BCUT2D eigenvalue weighted by molar-refractivity contribution is 0.790. The van der Waals surface area contributed by atoms with Gasteiger partial charge < -0.3 is 0 Å². The van der Waals surface area contributed by atoms with Crippen molar-refractivity contribution in [3.63, 3.8) is 0 Å². The fourth-order valence-corrected chi connectivity index (χ4v) is 6.67. The van der Waals surface area contributed by atoms with Crippen LogP contribution in [-0.2, 0) is 0 Å². The Balaban J connectivity index is 1.34. The molecule has 1 aliphatic rings. The molecule has 1 atom stereocenters. The van der Waals surface area contributed by atoms with Gasteiger partial charge in [-0.3, -0.25) is 9.47 Å². The van der Waals surface area contributed by atoms with Gasteiger partial charge in [0.15, 0.2) is 17.3 Å². The first-order valence-corrected chi connectivity index (χ1v) is 16.5. The van der Waals surface area contributed by atoms with E-state index < -0.39 is 0 Å². The molecule has 234 valence electrons. The van der Waals surface area contributed by atoms with Crippen LogP contribution in [0.5, 0.6) is 0 Å². The van der Waals surface area contributed by atoms with Crippen LogP contribution in [0.4, 0.5) is 17.3 Å². The van der Waals surface area contributed by atoms with Gasteiger partial charge in [0.25, 0.3) is 0 Å². The summed E-state index contributed by atoms with van der Waals surface area (Å²) in [6.07, 6.45) is 7.44. The van der Waals surface area contributed by atoms with Crippen molar-refractivity contribution in [1.82, 2.24) is 29.5 Å². The Morgan fingerprint density at radius 2 is 1.27 bits per heavy atom. The monoisotopic (exact) mass is 633 g/mol. The summed E-state index contributed by atoms with van der Waals surface area (Å²) in [4.78, 5) is 27.7. The second kappa shape index (κ2) is 12.0. The smallest absolute Gasteiger partial charge is 0.239 e. The molecule has 3 heterocycles. The lowest BCUT2D eigenvalue weighted by Gasteiger charge is -2.24. The van der Waals surface area contributed by atoms with Crippen molar-refractivity contribution in [3.8, 4) is 28.7 Å². The average Bonchev–Trinajstić information content (AvgIpc) is 3.49. The predicted molar refractivity (Wildman–Crippen MR) is 197 cm³/mol. The third kappa shape index (κ3) is 5.12. The van der Waals surface area contributed by atoms with Gasteiger partial charge in [-0.15, -0.1) is 0 Å². The maximum atomic E-state index is 5.38. The van der Waals surface area contributed by atoms with E-state index >= 15 is 0 Å². The standard InChI is InChI=1S/C42H31N7/c1-28-24-25-37-34(26-28)35-27-43-41(48(32-20-9-4-10-21-32)36-23-13-19-29-14-11-12-22-33(29)36)47-40(35)49(37)42-45-38(30-15-5-2-6-16-30)44-39(46-42)31-17-7-3-8-18-31/h2-23,25-28H,24H2,1H3. The molecule has 7 heteroatoms. The molecule has 0 amide bonds. The molecule has 0 spiro atoms. The minimum Gasteiger partial charge on any atom is -0.278 e. The fraction of sp³-hybridized carbons (Fsp3) is 0.0714. The molecule has 49 heavy (non-hydrogen) atoms. The number of para-hydroxylation sites is 1. The Hall–Kier alpha value is -6.47. The number of rotatable bonds is 6. The van der Waals surface area contributed by atoms with E-state index in [9.17, 15) is 0 Å². The SMILES string of the molecule is CC1C=c2c(n(-c3nc(-c4ccccc4)nc(-c4ccccc4)n3)c3nc(N(c4ccccc4)c4cccc5ccccc45)ncc23)=CC1. The van der Waals surface area contributed by atoms with Crippen LogP contribution in [-0.4, -0.2) is 29.5 Å². The quantitative estimate of drug-likeness (QED) is 0.184. The second-order valence-electron chi connectivity index (χ2n) is 12.3. The molecule has 0 bridgehead atoms. The van der Waals surface area contributed by atoms with E-state index in [1.165, 1.54) is 0 Å². The lowest BCUT2D eigenvalue weighted by Crippen LogP contribution is -2.32. The van der Waals surface area contributed by atoms with Crippen LogP contribution in [0, 0.1) is 5.92 Å². The third-order valence-corrected chi connectivity index (χ3v) is 9.02. The van der Waals surface area contributed by atoms with Crippen molar-refractivity contribution in [2.45, 2.75) is 13.3 Å². The Kier molecular flexibility index (Phi) is 7.01. The number of aromatic nitrogens is 6. The molecule has 0 saturated heterocycles. The van der Waals surface area contributed by atoms with E-state index in [2.05, 4.69) is 83.1 Å². The molecule has 0 saturated carbocycles. The largest absolute Gasteiger partial charge is 0.278 e. The maximum absolute atomic E-state index is 5.38. The molecule has 0 N–H and O–H groups in total. The van der Waals surface area contributed by atoms with Gasteiger partial charge in [0.1, 0.15) is 0 Å². The van der Waals surface area contributed by atoms with E-state index in [0.717, 1.165) is 61.3 Å². The van der Waals surface area contributed by atoms with E-state index in [4.69, 9.17) is 24.9 Å². The van der Waals surface area contributed by atoms with E-state index in [1.54, 1.807) is 0 Å². The molecule has 9 rings (SSSR count). The summed E-state index contributed by atoms with van der Waals surface area (Å²) in [7, 11) is 0. The van der Waals surface area contributed by atoms with Crippen molar-refractivity contribution in [2.24, 2.45) is 5.92 Å². The first kappa shape index (κ1) is 28.7. The highest BCUT2D eigenvalue weighted by Gasteiger charge is 2.23. The summed E-state index contributed by atoms with van der Waals surface area (Å²) in [6.45, 7) is 2.24. The Morgan fingerprint density at radius 3 is 1.98 bits per heavy atom. The van der Waals surface area contributed by atoms with Crippen LogP contribution < -0.4 is 15.5 Å². The summed E-state index contributed by atoms with van der Waals surface area (Å²) < 4.78 is 2.09.